The Hall–Kier alpha value is -0.740. The van der Waals surface area contributed by atoms with Gasteiger partial charge in [-0.15, -0.1) is 0 Å². The van der Waals surface area contributed by atoms with E-state index in [2.05, 4.69) is 0 Å². The fourth-order valence-corrected chi connectivity index (χ4v) is 0.255. The zero-order valence-electron chi connectivity index (χ0n) is 4.46. The lowest BCUT2D eigenvalue weighted by Crippen LogP contribution is -2.10. The third-order valence-electron chi connectivity index (χ3n) is 0.636. The molecule has 0 atom stereocenters. The first-order chi connectivity index (χ1) is 3.92. The lowest BCUT2D eigenvalue weighted by Gasteiger charge is -2.01. The van der Waals surface area contributed by atoms with Crippen LogP contribution in [0.5, 0.6) is 0 Å². The van der Waals surface area contributed by atoms with Crippen LogP contribution < -0.4 is 5.73 Å². The summed E-state index contributed by atoms with van der Waals surface area (Å²) in [4.78, 5) is 9.66. The molecule has 2 nitrogen and oxygen atoms in total. The van der Waals surface area contributed by atoms with E-state index in [1.54, 1.807) is 0 Å². The predicted octanol–water partition coefficient (Wildman–Crippen LogP) is 1.14. The molecule has 1 radical (unpaired) electrons. The number of amides is 1. The fourth-order valence-electron chi connectivity index (χ4n) is 0.255. The Labute approximate surface area is 49.8 Å². The molecule has 1 amide bonds. The van der Waals surface area contributed by atoms with E-state index in [-0.39, 0.29) is 0 Å². The van der Waals surface area contributed by atoms with E-state index >= 15 is 0 Å². The van der Waals surface area contributed by atoms with Gasteiger partial charge in [-0.3, -0.25) is 10.5 Å². The summed E-state index contributed by atoms with van der Waals surface area (Å²) in [6, 6.07) is 0. The second-order valence-electron chi connectivity index (χ2n) is 1.54. The van der Waals surface area contributed by atoms with Crippen molar-refractivity contribution in [2.24, 2.45) is 0 Å². The average Bonchev–Trinajstić information content (AvgIpc) is 1.59. The Morgan fingerprint density at radius 2 is 1.89 bits per heavy atom. The minimum Gasteiger partial charge on any atom is -0.273 e. The maximum atomic E-state index is 11.2. The molecular formula is C4H5F3NO. The van der Waals surface area contributed by atoms with Crippen LogP contribution in [0.15, 0.2) is 0 Å². The third-order valence-corrected chi connectivity index (χ3v) is 0.636. The molecule has 0 aliphatic rings. The van der Waals surface area contributed by atoms with Gasteiger partial charge in [0.15, 0.2) is 0 Å². The van der Waals surface area contributed by atoms with Crippen LogP contribution in [-0.4, -0.2) is 12.1 Å². The largest absolute Gasteiger partial charge is 0.389 e. The molecule has 0 rings (SSSR count). The maximum Gasteiger partial charge on any atom is 0.389 e. The first kappa shape index (κ1) is 8.26. The SMILES string of the molecule is [NH]C(=O)CCC(F)(F)F. The van der Waals surface area contributed by atoms with Gasteiger partial charge in [0.05, 0.1) is 6.42 Å². The summed E-state index contributed by atoms with van der Waals surface area (Å²) in [6.07, 6.45) is -6.23. The zero-order valence-corrected chi connectivity index (χ0v) is 4.46. The number of hydrogen-bond donors (Lipinski definition) is 0. The van der Waals surface area contributed by atoms with Crippen LogP contribution in [0.25, 0.3) is 0 Å². The van der Waals surface area contributed by atoms with Crippen LogP contribution in [-0.2, 0) is 4.79 Å². The molecule has 0 fully saturated rings. The van der Waals surface area contributed by atoms with Crippen LogP contribution in [0.3, 0.4) is 0 Å². The van der Waals surface area contributed by atoms with Gasteiger partial charge < -0.3 is 0 Å². The molecule has 0 aromatic rings. The Morgan fingerprint density at radius 3 is 2.00 bits per heavy atom. The number of carbonyl (C=O) groups excluding carboxylic acids is 1. The van der Waals surface area contributed by atoms with Crippen molar-refractivity contribution >= 4 is 5.91 Å². The van der Waals surface area contributed by atoms with Crippen LogP contribution in [0.2, 0.25) is 0 Å². The van der Waals surface area contributed by atoms with E-state index in [0.717, 1.165) is 0 Å². The second kappa shape index (κ2) is 2.70. The number of hydrogen-bond acceptors (Lipinski definition) is 1. The predicted molar refractivity (Wildman–Crippen MR) is 23.4 cm³/mol. The minimum atomic E-state index is -4.31. The summed E-state index contributed by atoms with van der Waals surface area (Å²) < 4.78 is 33.5. The van der Waals surface area contributed by atoms with Gasteiger partial charge in [-0.2, -0.15) is 13.2 Å². The molecule has 0 saturated heterocycles. The van der Waals surface area contributed by atoms with E-state index in [4.69, 9.17) is 5.73 Å². The Balaban J connectivity index is 3.39. The maximum absolute atomic E-state index is 11.2. The molecule has 1 N–H and O–H groups in total. The monoisotopic (exact) mass is 140 g/mol. The quantitative estimate of drug-likeness (QED) is 0.566. The number of rotatable bonds is 2. The van der Waals surface area contributed by atoms with Crippen molar-refractivity contribution in [1.29, 1.82) is 0 Å². The van der Waals surface area contributed by atoms with Crippen molar-refractivity contribution in [3.63, 3.8) is 0 Å². The topological polar surface area (TPSA) is 40.9 Å². The van der Waals surface area contributed by atoms with Crippen molar-refractivity contribution in [3.8, 4) is 0 Å². The van der Waals surface area contributed by atoms with E-state index in [9.17, 15) is 18.0 Å². The Kier molecular flexibility index (Phi) is 2.48. The first-order valence-electron chi connectivity index (χ1n) is 2.23. The summed E-state index contributed by atoms with van der Waals surface area (Å²) >= 11 is 0. The van der Waals surface area contributed by atoms with Gasteiger partial charge in [0, 0.05) is 6.42 Å². The van der Waals surface area contributed by atoms with E-state index in [1.807, 2.05) is 0 Å². The van der Waals surface area contributed by atoms with Gasteiger partial charge in [-0.1, -0.05) is 0 Å². The van der Waals surface area contributed by atoms with Crippen molar-refractivity contribution < 1.29 is 18.0 Å². The van der Waals surface area contributed by atoms with Gasteiger partial charge in [0.25, 0.3) is 0 Å². The van der Waals surface area contributed by atoms with Crippen LogP contribution in [0.4, 0.5) is 13.2 Å². The van der Waals surface area contributed by atoms with Crippen molar-refractivity contribution in [2.45, 2.75) is 19.0 Å². The normalized spacial score (nSPS) is 11.4. The molecule has 9 heavy (non-hydrogen) atoms. The van der Waals surface area contributed by atoms with Crippen LogP contribution in [0.1, 0.15) is 12.8 Å². The minimum absolute atomic E-state index is 0.733. The summed E-state index contributed by atoms with van der Waals surface area (Å²) in [5.41, 5.74) is 6.12. The van der Waals surface area contributed by atoms with Gasteiger partial charge >= 0.3 is 6.18 Å². The molecule has 0 aromatic carbocycles. The number of alkyl halides is 3. The zero-order chi connectivity index (χ0) is 7.49. The summed E-state index contributed by atoms with van der Waals surface area (Å²) in [6.45, 7) is 0. The first-order valence-corrected chi connectivity index (χ1v) is 2.23. The van der Waals surface area contributed by atoms with E-state index in [1.165, 1.54) is 0 Å². The molecule has 0 aliphatic heterocycles. The number of halogens is 3. The third kappa shape index (κ3) is 7.26. The second-order valence-corrected chi connectivity index (χ2v) is 1.54. The highest BCUT2D eigenvalue weighted by Gasteiger charge is 2.27. The molecule has 53 valence electrons. The van der Waals surface area contributed by atoms with Gasteiger partial charge in [0.2, 0.25) is 5.91 Å². The highest BCUT2D eigenvalue weighted by atomic mass is 19.4. The molecule has 0 heterocycles. The van der Waals surface area contributed by atoms with E-state index in [0.29, 0.717) is 0 Å². The molecule has 0 spiro atoms. The van der Waals surface area contributed by atoms with Gasteiger partial charge in [0.1, 0.15) is 0 Å². The lowest BCUT2D eigenvalue weighted by molar-refractivity contribution is -0.143. The van der Waals surface area contributed by atoms with Gasteiger partial charge in [-0.05, 0) is 0 Å². The number of nitrogens with one attached hydrogen (secondary N) is 1. The van der Waals surface area contributed by atoms with Crippen molar-refractivity contribution in [1.82, 2.24) is 5.73 Å². The molecular weight excluding hydrogens is 135 g/mol. The Morgan fingerprint density at radius 1 is 1.44 bits per heavy atom. The highest BCUT2D eigenvalue weighted by molar-refractivity contribution is 5.72. The summed E-state index contributed by atoms with van der Waals surface area (Å²) in [7, 11) is 0. The molecule has 0 aromatic heterocycles. The molecule has 0 saturated carbocycles. The van der Waals surface area contributed by atoms with Crippen LogP contribution >= 0.6 is 0 Å². The average molecular weight is 140 g/mol. The fraction of sp³-hybridized carbons (Fsp3) is 0.750. The summed E-state index contributed by atoms with van der Waals surface area (Å²) in [5, 5.41) is 0. The molecule has 5 heteroatoms. The molecule has 0 aliphatic carbocycles. The lowest BCUT2D eigenvalue weighted by atomic mass is 10.3. The van der Waals surface area contributed by atoms with Gasteiger partial charge in [-0.25, -0.2) is 0 Å². The van der Waals surface area contributed by atoms with Crippen LogP contribution in [0, 0.1) is 0 Å². The molecule has 0 bridgehead atoms. The van der Waals surface area contributed by atoms with E-state index < -0.39 is 24.9 Å². The van der Waals surface area contributed by atoms with Crippen molar-refractivity contribution in [3.05, 3.63) is 0 Å². The summed E-state index contributed by atoms with van der Waals surface area (Å²) in [5.74, 6) is -1.17. The van der Waals surface area contributed by atoms with Crippen molar-refractivity contribution in [2.75, 3.05) is 0 Å². The molecule has 0 unspecified atom stereocenters. The number of carbonyl (C=O) groups is 1. The Bertz CT molecular complexity index is 109. The smallest absolute Gasteiger partial charge is 0.273 e. The standard InChI is InChI=1S/C4H5F3NO/c5-4(6,7)2-1-3(8)9/h8H,1-2H2. The highest BCUT2D eigenvalue weighted by Crippen LogP contribution is 2.20.